The number of carbonyl (C=O) groups is 2. The Hall–Kier alpha value is -2.93. The highest BCUT2D eigenvalue weighted by Gasteiger charge is 2.28. The minimum Gasteiger partial charge on any atom is -0.462 e. The summed E-state index contributed by atoms with van der Waals surface area (Å²) in [6.45, 7) is 2.06. The number of urea groups is 1. The molecule has 0 atom stereocenters. The highest BCUT2D eigenvalue weighted by Crippen LogP contribution is 2.39. The number of hydrogen-bond donors (Lipinski definition) is 2. The lowest BCUT2D eigenvalue weighted by atomic mass is 10.1. The van der Waals surface area contributed by atoms with E-state index < -0.39 is 6.03 Å². The van der Waals surface area contributed by atoms with Crippen LogP contribution in [0.15, 0.2) is 41.5 Å². The average molecular weight is 383 g/mol. The molecule has 2 aromatic rings. The number of fused-ring (bicyclic) bond motifs is 1. The molecule has 6 nitrogen and oxygen atoms in total. The number of hydrogen-bond acceptors (Lipinski definition) is 5. The third-order valence-corrected chi connectivity index (χ3v) is 5.25. The van der Waals surface area contributed by atoms with Crippen LogP contribution in [0.1, 0.15) is 39.7 Å². The molecule has 1 aromatic heterocycles. The van der Waals surface area contributed by atoms with Crippen molar-refractivity contribution >= 4 is 40.6 Å². The summed E-state index contributed by atoms with van der Waals surface area (Å²) in [6, 6.07) is 9.28. The lowest BCUT2D eigenvalue weighted by Crippen LogP contribution is -2.24. The fraction of sp³-hybridized carbons (Fsp3) is 0.250. The summed E-state index contributed by atoms with van der Waals surface area (Å²) in [4.78, 5) is 25.5. The summed E-state index contributed by atoms with van der Waals surface area (Å²) in [7, 11) is 0. The maximum Gasteiger partial charge on any atom is 0.341 e. The predicted molar refractivity (Wildman–Crippen MR) is 108 cm³/mol. The van der Waals surface area contributed by atoms with Crippen molar-refractivity contribution < 1.29 is 14.3 Å². The third kappa shape index (κ3) is 4.83. The third-order valence-electron chi connectivity index (χ3n) is 4.04. The molecule has 0 bridgehead atoms. The van der Waals surface area contributed by atoms with E-state index in [1.165, 1.54) is 17.6 Å². The zero-order chi connectivity index (χ0) is 19.1. The summed E-state index contributed by atoms with van der Waals surface area (Å²) in [6.07, 6.45) is 7.90. The topological polar surface area (TPSA) is 79.8 Å². The number of amides is 2. The Morgan fingerprint density at radius 1 is 1.26 bits per heavy atom. The molecule has 0 saturated heterocycles. The van der Waals surface area contributed by atoms with Crippen LogP contribution in [0.5, 0.6) is 0 Å². The van der Waals surface area contributed by atoms with E-state index in [4.69, 9.17) is 4.74 Å². The normalized spacial score (nSPS) is 13.1. The van der Waals surface area contributed by atoms with E-state index in [9.17, 15) is 9.59 Å². The molecule has 3 rings (SSSR count). The number of carbonyl (C=O) groups excluding carboxylic acids is 2. The van der Waals surface area contributed by atoms with Gasteiger partial charge in [0.15, 0.2) is 0 Å². The maximum atomic E-state index is 12.3. The number of allylic oxidation sites excluding steroid dienone is 1. The van der Waals surface area contributed by atoms with Gasteiger partial charge < -0.3 is 4.74 Å². The zero-order valence-electron chi connectivity index (χ0n) is 15.0. The van der Waals surface area contributed by atoms with E-state index in [1.807, 2.05) is 36.4 Å². The van der Waals surface area contributed by atoms with Gasteiger partial charge in [-0.2, -0.15) is 5.10 Å². The molecule has 140 valence electrons. The Labute approximate surface area is 161 Å². The van der Waals surface area contributed by atoms with E-state index in [0.29, 0.717) is 17.2 Å². The number of benzene rings is 1. The van der Waals surface area contributed by atoms with Gasteiger partial charge in [0.05, 0.1) is 12.2 Å². The number of anilines is 1. The second-order valence-corrected chi connectivity index (χ2v) is 7.00. The van der Waals surface area contributed by atoms with E-state index in [1.54, 1.807) is 13.0 Å². The van der Waals surface area contributed by atoms with Crippen LogP contribution in [0, 0.1) is 0 Å². The van der Waals surface area contributed by atoms with Crippen LogP contribution in [-0.4, -0.2) is 24.8 Å². The second-order valence-electron chi connectivity index (χ2n) is 5.90. The van der Waals surface area contributed by atoms with Gasteiger partial charge in [0, 0.05) is 11.1 Å². The van der Waals surface area contributed by atoms with Crippen molar-refractivity contribution in [3.05, 3.63) is 58.0 Å². The molecule has 0 radical (unpaired) electrons. The fourth-order valence-corrected chi connectivity index (χ4v) is 4.17. The molecule has 2 amide bonds. The minimum atomic E-state index is -0.496. The van der Waals surface area contributed by atoms with Crippen LogP contribution in [0.2, 0.25) is 0 Å². The Balaban J connectivity index is 1.60. The van der Waals surface area contributed by atoms with Crippen LogP contribution in [-0.2, 0) is 17.6 Å². The molecule has 27 heavy (non-hydrogen) atoms. The summed E-state index contributed by atoms with van der Waals surface area (Å²) >= 11 is 1.43. The molecule has 2 N–H and O–H groups in total. The van der Waals surface area contributed by atoms with Crippen molar-refractivity contribution in [1.82, 2.24) is 5.43 Å². The van der Waals surface area contributed by atoms with Crippen LogP contribution in [0.25, 0.3) is 6.08 Å². The minimum absolute atomic E-state index is 0.299. The van der Waals surface area contributed by atoms with E-state index in [0.717, 1.165) is 35.3 Å². The summed E-state index contributed by atoms with van der Waals surface area (Å²) < 4.78 is 5.15. The molecule has 0 aliphatic heterocycles. The van der Waals surface area contributed by atoms with Crippen LogP contribution < -0.4 is 10.7 Å². The number of nitrogens with zero attached hydrogens (tertiary/aromatic N) is 1. The first kappa shape index (κ1) is 18.8. The molecule has 0 unspecified atom stereocenters. The van der Waals surface area contributed by atoms with Crippen LogP contribution >= 0.6 is 11.3 Å². The lowest BCUT2D eigenvalue weighted by Gasteiger charge is -2.07. The molecular formula is C20H21N3O3S. The summed E-state index contributed by atoms with van der Waals surface area (Å²) in [5, 5.41) is 7.11. The largest absolute Gasteiger partial charge is 0.462 e. The highest BCUT2D eigenvalue weighted by atomic mass is 32.1. The molecule has 0 saturated carbocycles. The molecule has 0 fully saturated rings. The zero-order valence-corrected chi connectivity index (χ0v) is 15.8. The van der Waals surface area contributed by atoms with Crippen LogP contribution in [0.3, 0.4) is 0 Å². The summed E-state index contributed by atoms with van der Waals surface area (Å²) in [5.74, 6) is -0.388. The molecule has 1 aliphatic rings. The smallest absolute Gasteiger partial charge is 0.341 e. The number of aryl methyl sites for hydroxylation is 1. The van der Waals surface area contributed by atoms with E-state index in [-0.39, 0.29) is 5.97 Å². The van der Waals surface area contributed by atoms with Gasteiger partial charge >= 0.3 is 12.0 Å². The number of rotatable bonds is 6. The predicted octanol–water partition coefficient (Wildman–Crippen LogP) is 4.23. The van der Waals surface area contributed by atoms with Crippen molar-refractivity contribution in [2.75, 3.05) is 11.9 Å². The van der Waals surface area contributed by atoms with Gasteiger partial charge in [0.25, 0.3) is 0 Å². The van der Waals surface area contributed by atoms with Gasteiger partial charge in [-0.05, 0) is 43.4 Å². The monoisotopic (exact) mass is 383 g/mol. The molecule has 1 aromatic carbocycles. The Morgan fingerprint density at radius 2 is 2.07 bits per heavy atom. The number of thiophene rings is 1. The average Bonchev–Trinajstić information content (AvgIpc) is 3.23. The van der Waals surface area contributed by atoms with Gasteiger partial charge in [-0.15, -0.1) is 11.3 Å². The maximum absolute atomic E-state index is 12.3. The van der Waals surface area contributed by atoms with Gasteiger partial charge in [0.1, 0.15) is 5.00 Å². The van der Waals surface area contributed by atoms with Crippen LogP contribution in [0.4, 0.5) is 9.80 Å². The quantitative estimate of drug-likeness (QED) is 0.445. The van der Waals surface area contributed by atoms with Gasteiger partial charge in [-0.25, -0.2) is 15.0 Å². The molecule has 7 heteroatoms. The molecular weight excluding hydrogens is 362 g/mol. The van der Waals surface area contributed by atoms with Crippen molar-refractivity contribution in [2.45, 2.75) is 26.2 Å². The SMILES string of the molecule is CCOC(=O)c1c(NC(=O)NN=C/C=C/c2ccccc2)sc2c1CCC2. The van der Waals surface area contributed by atoms with E-state index >= 15 is 0 Å². The number of ether oxygens (including phenoxy) is 1. The van der Waals surface area contributed by atoms with Gasteiger partial charge in [-0.1, -0.05) is 36.4 Å². The Bertz CT molecular complexity index is 872. The number of esters is 1. The van der Waals surface area contributed by atoms with E-state index in [2.05, 4.69) is 15.8 Å². The summed E-state index contributed by atoms with van der Waals surface area (Å²) in [5.41, 5.74) is 4.93. The molecule has 1 heterocycles. The number of nitrogens with one attached hydrogen (secondary N) is 2. The van der Waals surface area contributed by atoms with Crippen molar-refractivity contribution in [3.63, 3.8) is 0 Å². The van der Waals surface area contributed by atoms with Crippen molar-refractivity contribution in [3.8, 4) is 0 Å². The second kappa shape index (κ2) is 9.14. The van der Waals surface area contributed by atoms with Gasteiger partial charge in [-0.3, -0.25) is 5.32 Å². The van der Waals surface area contributed by atoms with Crippen molar-refractivity contribution in [1.29, 1.82) is 0 Å². The highest BCUT2D eigenvalue weighted by molar-refractivity contribution is 7.17. The Kier molecular flexibility index (Phi) is 6.38. The first-order valence-corrected chi connectivity index (χ1v) is 9.64. The van der Waals surface area contributed by atoms with Crippen molar-refractivity contribution in [2.24, 2.45) is 5.10 Å². The molecule has 1 aliphatic carbocycles. The Morgan fingerprint density at radius 3 is 2.85 bits per heavy atom. The van der Waals surface area contributed by atoms with Gasteiger partial charge in [0.2, 0.25) is 0 Å². The fourth-order valence-electron chi connectivity index (χ4n) is 2.90. The first-order valence-electron chi connectivity index (χ1n) is 8.82. The standard InChI is InChI=1S/C20H21N3O3S/c1-2-26-19(24)17-15-11-6-12-16(15)27-18(17)22-20(25)23-21-13-7-10-14-8-4-3-5-9-14/h3-5,7-10,13H,2,6,11-12H2,1H3,(H2,22,23,25)/b10-7+,21-13?. The number of hydrazone groups is 1. The lowest BCUT2D eigenvalue weighted by molar-refractivity contribution is 0.0527. The molecule has 0 spiro atoms. The first-order chi connectivity index (χ1) is 13.2.